The number of aromatic nitrogens is 2. The smallest absolute Gasteiger partial charge is 0.256 e. The van der Waals surface area contributed by atoms with Crippen LogP contribution in [0.4, 0.5) is 11.5 Å². The molecule has 0 aliphatic rings. The SMILES string of the molecule is C#CCOc1ccc2c(NC(=O)c3ccc(N(C)C)cc3)n[nH]c2c1. The van der Waals surface area contributed by atoms with E-state index in [9.17, 15) is 4.79 Å². The van der Waals surface area contributed by atoms with Gasteiger partial charge in [-0.2, -0.15) is 5.10 Å². The van der Waals surface area contributed by atoms with Gasteiger partial charge in [0, 0.05) is 36.8 Å². The third-order valence-electron chi connectivity index (χ3n) is 3.73. The van der Waals surface area contributed by atoms with Crippen LogP contribution in [-0.2, 0) is 0 Å². The van der Waals surface area contributed by atoms with Crippen LogP contribution in [0.15, 0.2) is 42.5 Å². The van der Waals surface area contributed by atoms with Gasteiger partial charge in [0.25, 0.3) is 5.91 Å². The minimum atomic E-state index is -0.216. The molecule has 0 unspecified atom stereocenters. The largest absolute Gasteiger partial charge is 0.481 e. The summed E-state index contributed by atoms with van der Waals surface area (Å²) in [5.74, 6) is 3.32. The van der Waals surface area contributed by atoms with Gasteiger partial charge in [0.1, 0.15) is 12.4 Å². The highest BCUT2D eigenvalue weighted by Crippen LogP contribution is 2.25. The van der Waals surface area contributed by atoms with E-state index in [1.165, 1.54) is 0 Å². The molecule has 1 amide bonds. The number of anilines is 2. The highest BCUT2D eigenvalue weighted by Gasteiger charge is 2.12. The van der Waals surface area contributed by atoms with E-state index in [1.807, 2.05) is 37.2 Å². The number of aromatic amines is 1. The lowest BCUT2D eigenvalue weighted by Crippen LogP contribution is -2.13. The molecule has 0 aliphatic carbocycles. The average molecular weight is 334 g/mol. The normalized spacial score (nSPS) is 10.3. The number of rotatable bonds is 5. The van der Waals surface area contributed by atoms with E-state index in [1.54, 1.807) is 24.3 Å². The lowest BCUT2D eigenvalue weighted by atomic mass is 10.2. The summed E-state index contributed by atoms with van der Waals surface area (Å²) in [6, 6.07) is 12.8. The van der Waals surface area contributed by atoms with Crippen LogP contribution in [0.5, 0.6) is 5.75 Å². The quantitative estimate of drug-likeness (QED) is 0.704. The molecule has 0 saturated heterocycles. The first-order valence-corrected chi connectivity index (χ1v) is 7.71. The molecule has 126 valence electrons. The Kier molecular flexibility index (Phi) is 4.57. The van der Waals surface area contributed by atoms with Crippen molar-refractivity contribution in [2.24, 2.45) is 0 Å². The maximum Gasteiger partial charge on any atom is 0.256 e. The number of fused-ring (bicyclic) bond motifs is 1. The number of benzene rings is 2. The second-order valence-corrected chi connectivity index (χ2v) is 5.67. The Labute approximate surface area is 145 Å². The highest BCUT2D eigenvalue weighted by molar-refractivity contribution is 6.08. The highest BCUT2D eigenvalue weighted by atomic mass is 16.5. The number of carbonyl (C=O) groups is 1. The maximum atomic E-state index is 12.4. The molecule has 0 saturated carbocycles. The summed E-state index contributed by atoms with van der Waals surface area (Å²) in [5.41, 5.74) is 2.35. The van der Waals surface area contributed by atoms with Crippen molar-refractivity contribution < 1.29 is 9.53 Å². The van der Waals surface area contributed by atoms with Crippen LogP contribution in [0.3, 0.4) is 0 Å². The second-order valence-electron chi connectivity index (χ2n) is 5.67. The van der Waals surface area contributed by atoms with Crippen molar-refractivity contribution in [3.05, 3.63) is 48.0 Å². The van der Waals surface area contributed by atoms with E-state index in [0.29, 0.717) is 17.1 Å². The van der Waals surface area contributed by atoms with E-state index in [-0.39, 0.29) is 12.5 Å². The second kappa shape index (κ2) is 6.97. The van der Waals surface area contributed by atoms with Crippen LogP contribution in [0.2, 0.25) is 0 Å². The van der Waals surface area contributed by atoms with Gasteiger partial charge < -0.3 is 15.0 Å². The Bertz CT molecular complexity index is 936. The van der Waals surface area contributed by atoms with Gasteiger partial charge in [-0.25, -0.2) is 0 Å². The van der Waals surface area contributed by atoms with Gasteiger partial charge in [-0.05, 0) is 36.4 Å². The number of hydrogen-bond acceptors (Lipinski definition) is 4. The minimum absolute atomic E-state index is 0.201. The first-order chi connectivity index (χ1) is 12.1. The number of ether oxygens (including phenoxy) is 1. The van der Waals surface area contributed by atoms with Crippen LogP contribution >= 0.6 is 0 Å². The number of H-pyrrole nitrogens is 1. The summed E-state index contributed by atoms with van der Waals surface area (Å²) in [6.45, 7) is 0.201. The monoisotopic (exact) mass is 334 g/mol. The zero-order valence-corrected chi connectivity index (χ0v) is 14.0. The lowest BCUT2D eigenvalue weighted by Gasteiger charge is -2.12. The maximum absolute atomic E-state index is 12.4. The summed E-state index contributed by atoms with van der Waals surface area (Å²) < 4.78 is 5.38. The molecule has 2 N–H and O–H groups in total. The molecule has 0 fully saturated rings. The molecule has 2 aromatic carbocycles. The molecule has 6 nitrogen and oxygen atoms in total. The molecule has 0 atom stereocenters. The fourth-order valence-electron chi connectivity index (χ4n) is 2.40. The van der Waals surface area contributed by atoms with Crippen molar-refractivity contribution in [2.45, 2.75) is 0 Å². The Morgan fingerprint density at radius 3 is 2.72 bits per heavy atom. The summed E-state index contributed by atoms with van der Waals surface area (Å²) in [6.07, 6.45) is 5.18. The molecular weight excluding hydrogens is 316 g/mol. The Balaban J connectivity index is 1.78. The Morgan fingerprint density at radius 2 is 2.04 bits per heavy atom. The number of hydrogen-bond donors (Lipinski definition) is 2. The Hall–Kier alpha value is -3.46. The van der Waals surface area contributed by atoms with Crippen LogP contribution in [0.1, 0.15) is 10.4 Å². The molecule has 0 spiro atoms. The van der Waals surface area contributed by atoms with Gasteiger partial charge >= 0.3 is 0 Å². The van der Waals surface area contributed by atoms with Crippen LogP contribution in [-0.4, -0.2) is 36.8 Å². The first kappa shape index (κ1) is 16.4. The minimum Gasteiger partial charge on any atom is -0.481 e. The van der Waals surface area contributed by atoms with E-state index >= 15 is 0 Å². The van der Waals surface area contributed by atoms with Gasteiger partial charge in [0.05, 0.1) is 5.52 Å². The number of terminal acetylenes is 1. The van der Waals surface area contributed by atoms with E-state index < -0.39 is 0 Å². The van der Waals surface area contributed by atoms with Gasteiger partial charge in [-0.3, -0.25) is 9.89 Å². The van der Waals surface area contributed by atoms with Gasteiger partial charge in [-0.15, -0.1) is 6.42 Å². The molecule has 0 bridgehead atoms. The average Bonchev–Trinajstić information content (AvgIpc) is 3.02. The van der Waals surface area contributed by atoms with E-state index in [2.05, 4.69) is 21.4 Å². The van der Waals surface area contributed by atoms with Crippen molar-refractivity contribution in [3.63, 3.8) is 0 Å². The van der Waals surface area contributed by atoms with Crippen LogP contribution < -0.4 is 15.0 Å². The first-order valence-electron chi connectivity index (χ1n) is 7.71. The van der Waals surface area contributed by atoms with Gasteiger partial charge in [0.15, 0.2) is 5.82 Å². The molecule has 0 aliphatic heterocycles. The number of nitrogens with zero attached hydrogens (tertiary/aromatic N) is 2. The molecule has 3 rings (SSSR count). The summed E-state index contributed by atoms with van der Waals surface area (Å²) >= 11 is 0. The number of nitrogens with one attached hydrogen (secondary N) is 2. The summed E-state index contributed by atoms with van der Waals surface area (Å²) in [7, 11) is 3.90. The molecule has 1 heterocycles. The molecule has 6 heteroatoms. The van der Waals surface area contributed by atoms with Crippen molar-refractivity contribution in [1.29, 1.82) is 0 Å². The topological polar surface area (TPSA) is 70.2 Å². The van der Waals surface area contributed by atoms with Crippen molar-refractivity contribution >= 4 is 28.3 Å². The van der Waals surface area contributed by atoms with Crippen LogP contribution in [0, 0.1) is 12.3 Å². The zero-order chi connectivity index (χ0) is 17.8. The van der Waals surface area contributed by atoms with Crippen molar-refractivity contribution in [3.8, 4) is 18.1 Å². The van der Waals surface area contributed by atoms with Gasteiger partial charge in [-0.1, -0.05) is 5.92 Å². The number of amides is 1. The fraction of sp³-hybridized carbons (Fsp3) is 0.158. The molecule has 3 aromatic rings. The van der Waals surface area contributed by atoms with E-state index in [0.717, 1.165) is 16.6 Å². The third-order valence-corrected chi connectivity index (χ3v) is 3.73. The summed E-state index contributed by atoms with van der Waals surface area (Å²) in [5, 5.41) is 10.7. The summed E-state index contributed by atoms with van der Waals surface area (Å²) in [4.78, 5) is 14.4. The lowest BCUT2D eigenvalue weighted by molar-refractivity contribution is 0.102. The molecule has 0 radical (unpaired) electrons. The zero-order valence-electron chi connectivity index (χ0n) is 14.0. The van der Waals surface area contributed by atoms with Gasteiger partial charge in [0.2, 0.25) is 0 Å². The number of carbonyl (C=O) groups excluding carboxylic acids is 1. The standard InChI is InChI=1S/C19H18N4O2/c1-4-11-25-15-9-10-16-17(12-15)21-22-18(16)20-19(24)13-5-7-14(8-6-13)23(2)3/h1,5-10,12H,11H2,2-3H3,(H2,20,21,22,24). The van der Waals surface area contributed by atoms with Crippen molar-refractivity contribution in [2.75, 3.05) is 30.9 Å². The Morgan fingerprint density at radius 1 is 1.28 bits per heavy atom. The predicted molar refractivity (Wildman–Crippen MR) is 99.1 cm³/mol. The predicted octanol–water partition coefficient (Wildman–Crippen LogP) is 2.89. The van der Waals surface area contributed by atoms with Crippen molar-refractivity contribution in [1.82, 2.24) is 10.2 Å². The van der Waals surface area contributed by atoms with Crippen LogP contribution in [0.25, 0.3) is 10.9 Å². The van der Waals surface area contributed by atoms with E-state index in [4.69, 9.17) is 11.2 Å². The molecule has 25 heavy (non-hydrogen) atoms. The third kappa shape index (κ3) is 3.56. The molecule has 1 aromatic heterocycles. The fourth-order valence-corrected chi connectivity index (χ4v) is 2.40. The molecular formula is C19H18N4O2.